The lowest BCUT2D eigenvalue weighted by Crippen LogP contribution is -2.42. The number of hydrogen-bond donors (Lipinski definition) is 1. The number of amides is 1. The molecule has 2 heterocycles. The van der Waals surface area contributed by atoms with Crippen LogP contribution in [0.1, 0.15) is 23.4 Å². The van der Waals surface area contributed by atoms with Crippen molar-refractivity contribution in [2.45, 2.75) is 12.8 Å². The molecule has 0 radical (unpaired) electrons. The van der Waals surface area contributed by atoms with E-state index in [-0.39, 0.29) is 18.2 Å². The van der Waals surface area contributed by atoms with Gasteiger partial charge in [0.1, 0.15) is 0 Å². The van der Waals surface area contributed by atoms with Crippen LogP contribution in [0.15, 0.2) is 47.1 Å². The minimum Gasteiger partial charge on any atom is -0.481 e. The second kappa shape index (κ2) is 6.05. The molecule has 1 N–H and O–H groups in total. The summed E-state index contributed by atoms with van der Waals surface area (Å²) < 4.78 is 5.39. The number of nitrogens with zero attached hydrogens (tertiary/aromatic N) is 1. The Morgan fingerprint density at radius 3 is 2.68 bits per heavy atom. The van der Waals surface area contributed by atoms with Gasteiger partial charge in [-0.25, -0.2) is 0 Å². The summed E-state index contributed by atoms with van der Waals surface area (Å²) in [5.74, 6) is -1.31. The molecular formula is C17H17NO4. The number of hydrogen-bond acceptors (Lipinski definition) is 3. The van der Waals surface area contributed by atoms with Gasteiger partial charge in [-0.2, -0.15) is 0 Å². The fourth-order valence-corrected chi connectivity index (χ4v) is 2.83. The van der Waals surface area contributed by atoms with Gasteiger partial charge in [-0.3, -0.25) is 9.59 Å². The number of carboxylic acids is 1. The summed E-state index contributed by atoms with van der Waals surface area (Å²) >= 11 is 0. The van der Waals surface area contributed by atoms with Crippen LogP contribution in [-0.2, 0) is 4.79 Å². The minimum absolute atomic E-state index is 0.239. The average Bonchev–Trinajstić information content (AvgIpc) is 3.04. The predicted octanol–water partition coefficient (Wildman–Crippen LogP) is 2.88. The third-order valence-corrected chi connectivity index (χ3v) is 4.00. The second-order valence-electron chi connectivity index (χ2n) is 5.46. The van der Waals surface area contributed by atoms with Crippen molar-refractivity contribution >= 4 is 11.9 Å². The molecule has 3 rings (SSSR count). The van der Waals surface area contributed by atoms with Crippen LogP contribution in [0.5, 0.6) is 0 Å². The highest BCUT2D eigenvalue weighted by molar-refractivity contribution is 5.98. The van der Waals surface area contributed by atoms with Crippen molar-refractivity contribution in [3.63, 3.8) is 0 Å². The number of furan rings is 1. The maximum Gasteiger partial charge on any atom is 0.308 e. The van der Waals surface area contributed by atoms with E-state index >= 15 is 0 Å². The molecule has 1 atom stereocenters. The third-order valence-electron chi connectivity index (χ3n) is 4.00. The van der Waals surface area contributed by atoms with E-state index in [4.69, 9.17) is 9.52 Å². The lowest BCUT2D eigenvalue weighted by Gasteiger charge is -2.30. The second-order valence-corrected chi connectivity index (χ2v) is 5.46. The van der Waals surface area contributed by atoms with E-state index in [0.717, 1.165) is 11.1 Å². The monoisotopic (exact) mass is 299 g/mol. The lowest BCUT2D eigenvalue weighted by atomic mass is 9.97. The standard InChI is InChI=1S/C17H17NO4/c19-16(18-9-4-7-13(11-18)17(20)21)15-14(8-10-22-15)12-5-2-1-3-6-12/h1-3,5-6,8,10,13H,4,7,9,11H2,(H,20,21). The summed E-state index contributed by atoms with van der Waals surface area (Å²) in [6, 6.07) is 11.3. The van der Waals surface area contributed by atoms with E-state index in [1.807, 2.05) is 30.3 Å². The Bertz CT molecular complexity index is 677. The van der Waals surface area contributed by atoms with Gasteiger partial charge >= 0.3 is 5.97 Å². The Morgan fingerprint density at radius 1 is 1.18 bits per heavy atom. The molecule has 1 saturated heterocycles. The van der Waals surface area contributed by atoms with E-state index in [9.17, 15) is 9.59 Å². The number of likely N-dealkylation sites (tertiary alicyclic amines) is 1. The van der Waals surface area contributed by atoms with E-state index in [2.05, 4.69) is 0 Å². The maximum absolute atomic E-state index is 12.7. The van der Waals surface area contributed by atoms with Crippen molar-refractivity contribution in [3.05, 3.63) is 48.4 Å². The van der Waals surface area contributed by atoms with Crippen LogP contribution in [0.25, 0.3) is 11.1 Å². The maximum atomic E-state index is 12.7. The summed E-state index contributed by atoms with van der Waals surface area (Å²) in [6.07, 6.45) is 2.81. The van der Waals surface area contributed by atoms with Crippen LogP contribution in [-0.4, -0.2) is 35.0 Å². The molecule has 2 aromatic rings. The first-order chi connectivity index (χ1) is 10.7. The molecule has 0 bridgehead atoms. The van der Waals surface area contributed by atoms with Gasteiger partial charge in [0.15, 0.2) is 5.76 Å². The molecule has 5 nitrogen and oxygen atoms in total. The van der Waals surface area contributed by atoms with Crippen molar-refractivity contribution < 1.29 is 19.1 Å². The van der Waals surface area contributed by atoms with Gasteiger partial charge in [-0.05, 0) is 24.5 Å². The Labute approximate surface area is 128 Å². The molecule has 1 aromatic carbocycles. The van der Waals surface area contributed by atoms with Gasteiger partial charge in [0.2, 0.25) is 0 Å². The van der Waals surface area contributed by atoms with Gasteiger partial charge in [0, 0.05) is 18.7 Å². The lowest BCUT2D eigenvalue weighted by molar-refractivity contribution is -0.143. The SMILES string of the molecule is O=C(O)C1CCCN(C(=O)c2occc2-c2ccccc2)C1. The van der Waals surface area contributed by atoms with Crippen molar-refractivity contribution in [2.24, 2.45) is 5.92 Å². The summed E-state index contributed by atoms with van der Waals surface area (Å²) in [6.45, 7) is 0.806. The summed E-state index contributed by atoms with van der Waals surface area (Å²) in [7, 11) is 0. The van der Waals surface area contributed by atoms with Gasteiger partial charge < -0.3 is 14.4 Å². The van der Waals surface area contributed by atoms with Crippen molar-refractivity contribution in [3.8, 4) is 11.1 Å². The van der Waals surface area contributed by atoms with Crippen LogP contribution >= 0.6 is 0 Å². The molecule has 5 heteroatoms. The predicted molar refractivity (Wildman–Crippen MR) is 80.4 cm³/mol. The Kier molecular flexibility index (Phi) is 3.96. The Morgan fingerprint density at radius 2 is 1.95 bits per heavy atom. The molecule has 1 aromatic heterocycles. The summed E-state index contributed by atoms with van der Waals surface area (Å²) in [4.78, 5) is 25.4. The van der Waals surface area contributed by atoms with Gasteiger partial charge in [0.25, 0.3) is 5.91 Å². The highest BCUT2D eigenvalue weighted by Gasteiger charge is 2.31. The Balaban J connectivity index is 1.84. The summed E-state index contributed by atoms with van der Waals surface area (Å²) in [5.41, 5.74) is 1.65. The van der Waals surface area contributed by atoms with E-state index in [1.165, 1.54) is 6.26 Å². The zero-order chi connectivity index (χ0) is 15.5. The van der Waals surface area contributed by atoms with E-state index in [0.29, 0.717) is 19.4 Å². The van der Waals surface area contributed by atoms with Crippen molar-refractivity contribution in [1.29, 1.82) is 0 Å². The minimum atomic E-state index is -0.847. The zero-order valence-electron chi connectivity index (χ0n) is 12.1. The number of carbonyl (C=O) groups is 2. The Hall–Kier alpha value is -2.56. The molecule has 22 heavy (non-hydrogen) atoms. The first-order valence-electron chi connectivity index (χ1n) is 7.32. The quantitative estimate of drug-likeness (QED) is 0.946. The molecule has 0 aliphatic carbocycles. The van der Waals surface area contributed by atoms with E-state index in [1.54, 1.807) is 11.0 Å². The summed E-state index contributed by atoms with van der Waals surface area (Å²) in [5, 5.41) is 9.14. The van der Waals surface area contributed by atoms with Gasteiger partial charge in [-0.1, -0.05) is 30.3 Å². The number of carbonyl (C=O) groups excluding carboxylic acids is 1. The molecule has 0 spiro atoms. The van der Waals surface area contributed by atoms with Crippen LogP contribution in [0.4, 0.5) is 0 Å². The largest absolute Gasteiger partial charge is 0.481 e. The molecular weight excluding hydrogens is 282 g/mol. The number of rotatable bonds is 3. The number of benzene rings is 1. The zero-order valence-corrected chi connectivity index (χ0v) is 12.1. The first-order valence-corrected chi connectivity index (χ1v) is 7.32. The first kappa shape index (κ1) is 14.4. The number of piperidine rings is 1. The van der Waals surface area contributed by atoms with Gasteiger partial charge in [-0.15, -0.1) is 0 Å². The topological polar surface area (TPSA) is 70.8 Å². The molecule has 1 fully saturated rings. The smallest absolute Gasteiger partial charge is 0.308 e. The highest BCUT2D eigenvalue weighted by atomic mass is 16.4. The third kappa shape index (κ3) is 2.74. The van der Waals surface area contributed by atoms with Crippen molar-refractivity contribution in [1.82, 2.24) is 4.90 Å². The fraction of sp³-hybridized carbons (Fsp3) is 0.294. The molecule has 1 aliphatic heterocycles. The van der Waals surface area contributed by atoms with Crippen LogP contribution < -0.4 is 0 Å². The van der Waals surface area contributed by atoms with Crippen molar-refractivity contribution in [2.75, 3.05) is 13.1 Å². The average molecular weight is 299 g/mol. The number of carboxylic acid groups (broad SMARTS) is 1. The highest BCUT2D eigenvalue weighted by Crippen LogP contribution is 2.27. The fourth-order valence-electron chi connectivity index (χ4n) is 2.83. The molecule has 0 saturated carbocycles. The van der Waals surface area contributed by atoms with Crippen LogP contribution in [0, 0.1) is 5.92 Å². The van der Waals surface area contributed by atoms with Crippen LogP contribution in [0.3, 0.4) is 0 Å². The van der Waals surface area contributed by atoms with Crippen LogP contribution in [0.2, 0.25) is 0 Å². The molecule has 114 valence electrons. The molecule has 1 amide bonds. The number of aliphatic carboxylic acids is 1. The molecule has 1 aliphatic rings. The van der Waals surface area contributed by atoms with Gasteiger partial charge in [0.05, 0.1) is 12.2 Å². The molecule has 1 unspecified atom stereocenters. The van der Waals surface area contributed by atoms with E-state index < -0.39 is 11.9 Å². The normalized spacial score (nSPS) is 18.2.